The number of nitrogens with zero attached hydrogens (tertiary/aromatic N) is 2. The molecule has 36 heavy (non-hydrogen) atoms. The Kier molecular flexibility index (Phi) is 6.97. The molecule has 1 amide bonds. The van der Waals surface area contributed by atoms with Gasteiger partial charge in [-0.1, -0.05) is 11.8 Å². The number of piperidine rings is 1. The van der Waals surface area contributed by atoms with Gasteiger partial charge in [0.25, 0.3) is 0 Å². The van der Waals surface area contributed by atoms with Crippen LogP contribution in [0.25, 0.3) is 0 Å². The Labute approximate surface area is 212 Å². The first-order valence-corrected chi connectivity index (χ1v) is 13.1. The Balaban J connectivity index is 1.39. The number of benzene rings is 2. The van der Waals surface area contributed by atoms with Gasteiger partial charge in [0.1, 0.15) is 0 Å². The van der Waals surface area contributed by atoms with Gasteiger partial charge in [-0.3, -0.25) is 4.79 Å². The molecule has 2 saturated heterocycles. The van der Waals surface area contributed by atoms with Gasteiger partial charge in [0, 0.05) is 60.8 Å². The lowest BCUT2D eigenvalue weighted by molar-refractivity contribution is -0.137. The van der Waals surface area contributed by atoms with E-state index in [1.54, 1.807) is 0 Å². The van der Waals surface area contributed by atoms with Crippen LogP contribution in [0.4, 0.5) is 35.9 Å². The third-order valence-electron chi connectivity index (χ3n) is 7.22. The number of halogens is 3. The Morgan fingerprint density at radius 2 is 1.89 bits per heavy atom. The van der Waals surface area contributed by atoms with Crippen LogP contribution in [0.3, 0.4) is 0 Å². The molecular formula is C25H31F3N6OS. The quantitative estimate of drug-likeness (QED) is 0.389. The molecule has 11 heteroatoms. The van der Waals surface area contributed by atoms with Crippen LogP contribution in [-0.2, 0) is 11.0 Å². The first-order valence-electron chi connectivity index (χ1n) is 12.3. The Morgan fingerprint density at radius 3 is 2.56 bits per heavy atom. The number of carbonyl (C=O) groups is 1. The summed E-state index contributed by atoms with van der Waals surface area (Å²) in [6.07, 6.45) is -2.05. The van der Waals surface area contributed by atoms with Crippen LogP contribution < -0.4 is 27.0 Å². The maximum atomic E-state index is 13.8. The number of nitrogens with one attached hydrogen (secondary N) is 2. The fraction of sp³-hybridized carbons (Fsp3) is 0.480. The van der Waals surface area contributed by atoms with Crippen LogP contribution in [0.5, 0.6) is 0 Å². The lowest BCUT2D eigenvalue weighted by Gasteiger charge is -2.34. The number of alkyl halides is 3. The normalized spacial score (nSPS) is 20.6. The van der Waals surface area contributed by atoms with Crippen molar-refractivity contribution >= 4 is 40.4 Å². The lowest BCUT2D eigenvalue weighted by Crippen LogP contribution is -2.41. The van der Waals surface area contributed by atoms with E-state index in [9.17, 15) is 18.0 Å². The van der Waals surface area contributed by atoms with E-state index in [-0.39, 0.29) is 17.9 Å². The van der Waals surface area contributed by atoms with Crippen molar-refractivity contribution in [2.24, 2.45) is 17.4 Å². The predicted octanol–water partition coefficient (Wildman–Crippen LogP) is 4.06. The van der Waals surface area contributed by atoms with Gasteiger partial charge in [-0.2, -0.15) is 13.2 Å². The minimum absolute atomic E-state index is 0.0931. The van der Waals surface area contributed by atoms with E-state index in [2.05, 4.69) is 20.4 Å². The second-order valence-electron chi connectivity index (χ2n) is 9.69. The standard InChI is InChI=1S/C25H31F3N6OS/c26-25(27,28)16-11-20(31-17-4-7-33(8-5-17)10-6-29)23-22(12-16)36-21-13-18(1-2-19(21)32-23)34-9-3-15(14-34)24(30)35/h1-2,11-13,15,17,31-32H,3-10,14,29H2,(H2,30,35). The number of nitrogens with two attached hydrogens (primary N) is 2. The molecule has 2 fully saturated rings. The minimum atomic E-state index is -4.45. The zero-order valence-corrected chi connectivity index (χ0v) is 20.7. The smallest absolute Gasteiger partial charge is 0.380 e. The van der Waals surface area contributed by atoms with E-state index in [1.807, 2.05) is 18.2 Å². The molecule has 3 heterocycles. The molecule has 3 aliphatic rings. The van der Waals surface area contributed by atoms with Crippen molar-refractivity contribution in [1.82, 2.24) is 4.90 Å². The summed E-state index contributed by atoms with van der Waals surface area (Å²) in [7, 11) is 0. The molecule has 0 aromatic heterocycles. The summed E-state index contributed by atoms with van der Waals surface area (Å²) in [5.41, 5.74) is 13.4. The number of amides is 1. The molecule has 0 saturated carbocycles. The van der Waals surface area contributed by atoms with E-state index in [1.165, 1.54) is 23.9 Å². The summed E-state index contributed by atoms with van der Waals surface area (Å²) in [5, 5.41) is 6.78. The van der Waals surface area contributed by atoms with Crippen molar-refractivity contribution < 1.29 is 18.0 Å². The molecule has 0 radical (unpaired) electrons. The first kappa shape index (κ1) is 25.0. The lowest BCUT2D eigenvalue weighted by atomic mass is 10.0. The molecule has 2 aromatic rings. The fourth-order valence-electron chi connectivity index (χ4n) is 5.18. The Morgan fingerprint density at radius 1 is 1.11 bits per heavy atom. The monoisotopic (exact) mass is 520 g/mol. The summed E-state index contributed by atoms with van der Waals surface area (Å²) in [5.74, 6) is -0.483. The van der Waals surface area contributed by atoms with E-state index in [0.29, 0.717) is 35.8 Å². The van der Waals surface area contributed by atoms with Gasteiger partial charge in [-0.25, -0.2) is 0 Å². The molecule has 2 aromatic carbocycles. The van der Waals surface area contributed by atoms with Crippen LogP contribution in [0.15, 0.2) is 40.1 Å². The third kappa shape index (κ3) is 5.23. The van der Waals surface area contributed by atoms with Gasteiger partial charge < -0.3 is 31.9 Å². The zero-order valence-electron chi connectivity index (χ0n) is 19.9. The van der Waals surface area contributed by atoms with Gasteiger partial charge >= 0.3 is 6.18 Å². The van der Waals surface area contributed by atoms with Crippen LogP contribution in [0.2, 0.25) is 0 Å². The van der Waals surface area contributed by atoms with Crippen molar-refractivity contribution in [3.05, 3.63) is 35.9 Å². The van der Waals surface area contributed by atoms with Gasteiger partial charge in [-0.05, 0) is 49.6 Å². The predicted molar refractivity (Wildman–Crippen MR) is 137 cm³/mol. The van der Waals surface area contributed by atoms with E-state index in [0.717, 1.165) is 55.3 Å². The fourth-order valence-corrected chi connectivity index (χ4v) is 6.28. The maximum absolute atomic E-state index is 13.8. The Hall–Kier alpha value is -2.63. The Bertz CT molecular complexity index is 1140. The molecule has 0 bridgehead atoms. The van der Waals surface area contributed by atoms with Crippen molar-refractivity contribution in [3.63, 3.8) is 0 Å². The van der Waals surface area contributed by atoms with Crippen molar-refractivity contribution in [2.45, 2.75) is 41.3 Å². The van der Waals surface area contributed by atoms with Crippen LogP contribution >= 0.6 is 11.8 Å². The highest BCUT2D eigenvalue weighted by Gasteiger charge is 2.34. The zero-order chi connectivity index (χ0) is 25.4. The van der Waals surface area contributed by atoms with Gasteiger partial charge in [0.2, 0.25) is 5.91 Å². The van der Waals surface area contributed by atoms with E-state index >= 15 is 0 Å². The molecule has 0 aliphatic carbocycles. The van der Waals surface area contributed by atoms with E-state index in [4.69, 9.17) is 11.5 Å². The molecule has 5 rings (SSSR count). The van der Waals surface area contributed by atoms with Crippen molar-refractivity contribution in [2.75, 3.05) is 54.8 Å². The highest BCUT2D eigenvalue weighted by atomic mass is 32.2. The number of likely N-dealkylation sites (tertiary alicyclic amines) is 1. The average molecular weight is 521 g/mol. The molecule has 1 unspecified atom stereocenters. The number of fused-ring (bicyclic) bond motifs is 2. The summed E-state index contributed by atoms with van der Waals surface area (Å²) in [4.78, 5) is 17.3. The molecule has 0 spiro atoms. The molecule has 194 valence electrons. The van der Waals surface area contributed by atoms with Gasteiger partial charge in [-0.15, -0.1) is 0 Å². The molecule has 7 nitrogen and oxygen atoms in total. The average Bonchev–Trinajstić information content (AvgIpc) is 3.34. The number of hydrogen-bond acceptors (Lipinski definition) is 7. The molecule has 6 N–H and O–H groups in total. The number of anilines is 4. The van der Waals surface area contributed by atoms with Gasteiger partial charge in [0.15, 0.2) is 0 Å². The van der Waals surface area contributed by atoms with Crippen LogP contribution in [0, 0.1) is 5.92 Å². The largest absolute Gasteiger partial charge is 0.416 e. The topological polar surface area (TPSA) is 99.7 Å². The summed E-state index contributed by atoms with van der Waals surface area (Å²) >= 11 is 1.33. The number of hydrogen-bond donors (Lipinski definition) is 4. The second-order valence-corrected chi connectivity index (χ2v) is 10.8. The SMILES string of the molecule is NCCN1CCC(Nc2cc(C(F)(F)F)cc3c2Nc2ccc(N4CCC(C(N)=O)C4)cc2S3)CC1. The van der Waals surface area contributed by atoms with Gasteiger partial charge in [0.05, 0.1) is 28.5 Å². The van der Waals surface area contributed by atoms with Crippen molar-refractivity contribution in [3.8, 4) is 0 Å². The third-order valence-corrected chi connectivity index (χ3v) is 8.32. The summed E-state index contributed by atoms with van der Waals surface area (Å²) < 4.78 is 41.4. The molecule has 3 aliphatic heterocycles. The number of primary amides is 1. The summed E-state index contributed by atoms with van der Waals surface area (Å²) in [6.45, 7) is 4.46. The summed E-state index contributed by atoms with van der Waals surface area (Å²) in [6, 6.07) is 8.43. The second kappa shape index (κ2) is 10.0. The molecular weight excluding hydrogens is 489 g/mol. The van der Waals surface area contributed by atoms with E-state index < -0.39 is 11.7 Å². The minimum Gasteiger partial charge on any atom is -0.380 e. The van der Waals surface area contributed by atoms with Crippen LogP contribution in [0.1, 0.15) is 24.8 Å². The highest BCUT2D eigenvalue weighted by Crippen LogP contribution is 2.50. The number of rotatable bonds is 6. The first-order chi connectivity index (χ1) is 17.2. The van der Waals surface area contributed by atoms with Crippen molar-refractivity contribution in [1.29, 1.82) is 0 Å². The number of carbonyl (C=O) groups excluding carboxylic acids is 1. The highest BCUT2D eigenvalue weighted by molar-refractivity contribution is 7.99. The molecule has 1 atom stereocenters. The van der Waals surface area contributed by atoms with Crippen LogP contribution in [-0.4, -0.2) is 56.1 Å². The maximum Gasteiger partial charge on any atom is 0.416 e.